The highest BCUT2D eigenvalue weighted by molar-refractivity contribution is 5.76. The van der Waals surface area contributed by atoms with Gasteiger partial charge in [-0.15, -0.1) is 0 Å². The third kappa shape index (κ3) is 5.99. The largest absolute Gasteiger partial charge is 0.356 e. The van der Waals surface area contributed by atoms with Gasteiger partial charge in [-0.25, -0.2) is 0 Å². The van der Waals surface area contributed by atoms with E-state index < -0.39 is 0 Å². The van der Waals surface area contributed by atoms with Crippen molar-refractivity contribution in [1.29, 1.82) is 0 Å². The molecule has 4 heteroatoms. The summed E-state index contributed by atoms with van der Waals surface area (Å²) in [4.78, 5) is 22.8. The number of carbonyl (C=O) groups is 2. The number of unbranched alkanes of at least 4 members (excludes halogenated alkanes) is 2. The number of hydrogen-bond donors (Lipinski definition) is 2. The van der Waals surface area contributed by atoms with Crippen molar-refractivity contribution in [2.75, 3.05) is 6.54 Å². The summed E-state index contributed by atoms with van der Waals surface area (Å²) in [6.45, 7) is 4.28. The second kappa shape index (κ2) is 9.45. The van der Waals surface area contributed by atoms with E-state index in [1.807, 2.05) is 0 Å². The van der Waals surface area contributed by atoms with Gasteiger partial charge in [0, 0.05) is 19.9 Å². The molecule has 24 heavy (non-hydrogen) atoms. The van der Waals surface area contributed by atoms with Crippen LogP contribution in [0.1, 0.15) is 75.1 Å². The number of benzene rings is 1. The van der Waals surface area contributed by atoms with E-state index in [2.05, 4.69) is 35.8 Å². The van der Waals surface area contributed by atoms with Crippen LogP contribution in [-0.4, -0.2) is 18.4 Å². The highest BCUT2D eigenvalue weighted by Crippen LogP contribution is 2.24. The van der Waals surface area contributed by atoms with E-state index in [0.717, 1.165) is 25.7 Å². The molecule has 132 valence electrons. The summed E-state index contributed by atoms with van der Waals surface area (Å²) < 4.78 is 0. The van der Waals surface area contributed by atoms with E-state index in [1.165, 1.54) is 42.9 Å². The van der Waals surface area contributed by atoms with Gasteiger partial charge in [0.15, 0.2) is 0 Å². The molecular weight excluding hydrogens is 300 g/mol. The Labute approximate surface area is 145 Å². The van der Waals surface area contributed by atoms with Crippen LogP contribution in [0.3, 0.4) is 0 Å². The molecule has 4 nitrogen and oxygen atoms in total. The molecule has 0 aromatic heterocycles. The lowest BCUT2D eigenvalue weighted by molar-refractivity contribution is -0.122. The number of rotatable bonds is 8. The van der Waals surface area contributed by atoms with Crippen molar-refractivity contribution in [3.8, 4) is 0 Å². The average molecular weight is 330 g/mol. The summed E-state index contributed by atoms with van der Waals surface area (Å²) in [7, 11) is 0. The lowest BCUT2D eigenvalue weighted by atomic mass is 9.89. The summed E-state index contributed by atoms with van der Waals surface area (Å²) in [5.41, 5.74) is 4.13. The fourth-order valence-corrected chi connectivity index (χ4v) is 3.27. The van der Waals surface area contributed by atoms with Crippen LogP contribution in [0.4, 0.5) is 0 Å². The lowest BCUT2D eigenvalue weighted by Crippen LogP contribution is -2.26. The SMILES string of the molecule is CC(=O)NCCCCCC(=O)NC(C)c1ccc2c(c1)CCCC2. The molecule has 2 N–H and O–H groups in total. The predicted octanol–water partition coefficient (Wildman–Crippen LogP) is 3.44. The molecule has 1 aromatic carbocycles. The molecule has 0 radical (unpaired) electrons. The molecule has 0 aliphatic heterocycles. The van der Waals surface area contributed by atoms with Gasteiger partial charge in [0.2, 0.25) is 11.8 Å². The molecule has 1 aliphatic rings. The van der Waals surface area contributed by atoms with Gasteiger partial charge in [-0.3, -0.25) is 9.59 Å². The van der Waals surface area contributed by atoms with Crippen LogP contribution in [0, 0.1) is 0 Å². The van der Waals surface area contributed by atoms with Crippen LogP contribution < -0.4 is 10.6 Å². The summed E-state index contributed by atoms with van der Waals surface area (Å²) in [6.07, 6.45) is 8.22. The van der Waals surface area contributed by atoms with Gasteiger partial charge in [-0.1, -0.05) is 24.6 Å². The van der Waals surface area contributed by atoms with Crippen LogP contribution in [0.5, 0.6) is 0 Å². The molecule has 1 aromatic rings. The van der Waals surface area contributed by atoms with Crippen molar-refractivity contribution >= 4 is 11.8 Å². The highest BCUT2D eigenvalue weighted by Gasteiger charge is 2.13. The van der Waals surface area contributed by atoms with Gasteiger partial charge >= 0.3 is 0 Å². The molecule has 0 heterocycles. The Balaban J connectivity index is 1.70. The Morgan fingerprint density at radius 2 is 1.83 bits per heavy atom. The Morgan fingerprint density at radius 1 is 1.08 bits per heavy atom. The van der Waals surface area contributed by atoms with Crippen molar-refractivity contribution in [1.82, 2.24) is 10.6 Å². The average Bonchev–Trinajstić information content (AvgIpc) is 2.57. The van der Waals surface area contributed by atoms with E-state index in [1.54, 1.807) is 0 Å². The Hall–Kier alpha value is -1.84. The van der Waals surface area contributed by atoms with E-state index in [9.17, 15) is 9.59 Å². The maximum Gasteiger partial charge on any atom is 0.220 e. The molecule has 0 saturated heterocycles. The highest BCUT2D eigenvalue weighted by atomic mass is 16.2. The second-order valence-corrected chi connectivity index (χ2v) is 6.82. The van der Waals surface area contributed by atoms with Crippen LogP contribution in [0.2, 0.25) is 0 Å². The molecule has 1 aliphatic carbocycles. The zero-order valence-corrected chi connectivity index (χ0v) is 15.0. The smallest absolute Gasteiger partial charge is 0.220 e. The third-order valence-corrected chi connectivity index (χ3v) is 4.70. The number of hydrogen-bond acceptors (Lipinski definition) is 2. The molecule has 0 fully saturated rings. The zero-order valence-electron chi connectivity index (χ0n) is 15.0. The van der Waals surface area contributed by atoms with Gasteiger partial charge in [0.25, 0.3) is 0 Å². The number of fused-ring (bicyclic) bond motifs is 1. The van der Waals surface area contributed by atoms with E-state index in [0.29, 0.717) is 13.0 Å². The third-order valence-electron chi connectivity index (χ3n) is 4.70. The minimum absolute atomic E-state index is 0.00613. The molecule has 1 atom stereocenters. The minimum atomic E-state index is 0.00613. The molecule has 0 spiro atoms. The van der Waals surface area contributed by atoms with E-state index >= 15 is 0 Å². The zero-order chi connectivity index (χ0) is 17.4. The van der Waals surface area contributed by atoms with Crippen molar-refractivity contribution in [3.63, 3.8) is 0 Å². The summed E-state index contributed by atoms with van der Waals surface area (Å²) in [5, 5.41) is 5.88. The lowest BCUT2D eigenvalue weighted by Gasteiger charge is -2.20. The predicted molar refractivity (Wildman–Crippen MR) is 96.8 cm³/mol. The first-order chi connectivity index (χ1) is 11.6. The number of amides is 2. The van der Waals surface area contributed by atoms with Crippen LogP contribution in [0.15, 0.2) is 18.2 Å². The molecule has 1 unspecified atom stereocenters. The van der Waals surface area contributed by atoms with Gasteiger partial charge in [-0.05, 0) is 62.1 Å². The van der Waals surface area contributed by atoms with Crippen molar-refractivity contribution < 1.29 is 9.59 Å². The summed E-state index contributed by atoms with van der Waals surface area (Å²) >= 11 is 0. The molecule has 2 rings (SSSR count). The first kappa shape index (κ1) is 18.5. The topological polar surface area (TPSA) is 58.2 Å². The maximum absolute atomic E-state index is 12.1. The Bertz CT molecular complexity index is 569. The monoisotopic (exact) mass is 330 g/mol. The normalized spacial score (nSPS) is 14.6. The fraction of sp³-hybridized carbons (Fsp3) is 0.600. The Morgan fingerprint density at radius 3 is 2.58 bits per heavy atom. The van der Waals surface area contributed by atoms with Gasteiger partial charge in [0.1, 0.15) is 0 Å². The quantitative estimate of drug-likeness (QED) is 0.717. The molecule has 0 saturated carbocycles. The van der Waals surface area contributed by atoms with Crippen molar-refractivity contribution in [2.24, 2.45) is 0 Å². The number of aryl methyl sites for hydroxylation is 2. The van der Waals surface area contributed by atoms with Gasteiger partial charge in [0.05, 0.1) is 6.04 Å². The number of nitrogens with one attached hydrogen (secondary N) is 2. The van der Waals surface area contributed by atoms with Crippen molar-refractivity contribution in [2.45, 2.75) is 71.3 Å². The minimum Gasteiger partial charge on any atom is -0.356 e. The van der Waals surface area contributed by atoms with E-state index in [4.69, 9.17) is 0 Å². The molecular formula is C20H30N2O2. The number of carbonyl (C=O) groups excluding carboxylic acids is 2. The fourth-order valence-electron chi connectivity index (χ4n) is 3.27. The second-order valence-electron chi connectivity index (χ2n) is 6.82. The van der Waals surface area contributed by atoms with Gasteiger partial charge < -0.3 is 10.6 Å². The Kier molecular flexibility index (Phi) is 7.29. The molecule has 2 amide bonds. The van der Waals surface area contributed by atoms with Crippen LogP contribution in [-0.2, 0) is 22.4 Å². The van der Waals surface area contributed by atoms with Crippen LogP contribution in [0.25, 0.3) is 0 Å². The van der Waals surface area contributed by atoms with Crippen molar-refractivity contribution in [3.05, 3.63) is 34.9 Å². The standard InChI is InChI=1S/C20H30N2O2/c1-15(18-12-11-17-8-5-6-9-19(17)14-18)22-20(24)10-4-3-7-13-21-16(2)23/h11-12,14-15H,3-10,13H2,1-2H3,(H,21,23)(H,22,24). The van der Waals surface area contributed by atoms with E-state index in [-0.39, 0.29) is 17.9 Å². The van der Waals surface area contributed by atoms with Crippen LogP contribution >= 0.6 is 0 Å². The van der Waals surface area contributed by atoms with Gasteiger partial charge in [-0.2, -0.15) is 0 Å². The molecule has 0 bridgehead atoms. The summed E-state index contributed by atoms with van der Waals surface area (Å²) in [6, 6.07) is 6.72. The summed E-state index contributed by atoms with van der Waals surface area (Å²) in [5.74, 6) is 0.117. The first-order valence-electron chi connectivity index (χ1n) is 9.22. The first-order valence-corrected chi connectivity index (χ1v) is 9.22. The maximum atomic E-state index is 12.1.